The summed E-state index contributed by atoms with van der Waals surface area (Å²) in [4.78, 5) is 23.2. The summed E-state index contributed by atoms with van der Waals surface area (Å²) in [6, 6.07) is 11.2. The molecule has 2 aromatic carbocycles. The van der Waals surface area contributed by atoms with Gasteiger partial charge in [0, 0.05) is 17.3 Å². The third-order valence-electron chi connectivity index (χ3n) is 3.31. The zero-order chi connectivity index (χ0) is 16.3. The summed E-state index contributed by atoms with van der Waals surface area (Å²) in [5.41, 5.74) is 1.61. The van der Waals surface area contributed by atoms with Gasteiger partial charge in [-0.15, -0.1) is 0 Å². The Bertz CT molecular complexity index is 722. The normalized spacial score (nSPS) is 10.5. The largest absolute Gasteiger partial charge is 0.507 e. The summed E-state index contributed by atoms with van der Waals surface area (Å²) >= 11 is 0. The number of carboxylic acid groups (broad SMARTS) is 1. The van der Waals surface area contributed by atoms with Crippen LogP contribution >= 0.6 is 0 Å². The van der Waals surface area contributed by atoms with Crippen molar-refractivity contribution in [3.05, 3.63) is 59.2 Å². The number of hydrogen-bond donors (Lipinski definition) is 3. The van der Waals surface area contributed by atoms with Crippen LogP contribution in [-0.2, 0) is 0 Å². The highest BCUT2D eigenvalue weighted by molar-refractivity contribution is 6.05. The number of aromatic hydroxyl groups is 1. The Morgan fingerprint density at radius 1 is 1.05 bits per heavy atom. The summed E-state index contributed by atoms with van der Waals surface area (Å²) in [5.74, 6) is -1.71. The fraction of sp³-hybridized carbons (Fsp3) is 0.176. The summed E-state index contributed by atoms with van der Waals surface area (Å²) in [7, 11) is 0. The maximum absolute atomic E-state index is 12.4. The molecule has 114 valence electrons. The molecule has 0 aliphatic heterocycles. The van der Waals surface area contributed by atoms with Crippen LogP contribution in [0.3, 0.4) is 0 Å². The van der Waals surface area contributed by atoms with Gasteiger partial charge in [0.2, 0.25) is 0 Å². The molecule has 0 bridgehead atoms. The molecule has 0 spiro atoms. The second kappa shape index (κ2) is 6.30. The lowest BCUT2D eigenvalue weighted by molar-refractivity contribution is 0.0693. The molecule has 5 nitrogen and oxygen atoms in total. The highest BCUT2D eigenvalue weighted by Gasteiger charge is 2.15. The van der Waals surface area contributed by atoms with Gasteiger partial charge in [-0.05, 0) is 29.7 Å². The van der Waals surface area contributed by atoms with Gasteiger partial charge in [-0.1, -0.05) is 32.0 Å². The van der Waals surface area contributed by atoms with Crippen molar-refractivity contribution in [2.75, 3.05) is 5.32 Å². The standard InChI is InChI=1S/C17H17NO4/c1-10(2)12-5-3-4-6-13(12)16(20)18-11-7-8-14(17(21)22)15(19)9-11/h3-10,19H,1-2H3,(H,18,20)(H,21,22). The fourth-order valence-electron chi connectivity index (χ4n) is 2.20. The quantitative estimate of drug-likeness (QED) is 0.806. The highest BCUT2D eigenvalue weighted by Crippen LogP contribution is 2.24. The number of carbonyl (C=O) groups is 2. The van der Waals surface area contributed by atoms with Crippen LogP contribution in [0.25, 0.3) is 0 Å². The number of hydrogen-bond acceptors (Lipinski definition) is 3. The van der Waals surface area contributed by atoms with Crippen LogP contribution in [0.4, 0.5) is 5.69 Å². The molecule has 0 unspecified atom stereocenters. The molecule has 1 amide bonds. The SMILES string of the molecule is CC(C)c1ccccc1C(=O)Nc1ccc(C(=O)O)c(O)c1. The predicted octanol–water partition coefficient (Wildman–Crippen LogP) is 3.47. The number of anilines is 1. The van der Waals surface area contributed by atoms with Crippen molar-refractivity contribution in [2.45, 2.75) is 19.8 Å². The molecular weight excluding hydrogens is 282 g/mol. The Labute approximate surface area is 128 Å². The molecule has 22 heavy (non-hydrogen) atoms. The molecule has 0 fully saturated rings. The van der Waals surface area contributed by atoms with Gasteiger partial charge in [-0.2, -0.15) is 0 Å². The van der Waals surface area contributed by atoms with Crippen LogP contribution in [-0.4, -0.2) is 22.1 Å². The molecule has 3 N–H and O–H groups in total. The second-order valence-electron chi connectivity index (χ2n) is 5.23. The molecular formula is C17H17NO4. The lowest BCUT2D eigenvalue weighted by Gasteiger charge is -2.13. The number of rotatable bonds is 4. The van der Waals surface area contributed by atoms with E-state index in [-0.39, 0.29) is 23.1 Å². The van der Waals surface area contributed by atoms with Gasteiger partial charge >= 0.3 is 5.97 Å². The molecule has 0 aliphatic carbocycles. The van der Waals surface area contributed by atoms with Crippen LogP contribution in [0.1, 0.15) is 46.0 Å². The Hall–Kier alpha value is -2.82. The highest BCUT2D eigenvalue weighted by atomic mass is 16.4. The lowest BCUT2D eigenvalue weighted by atomic mass is 9.97. The van der Waals surface area contributed by atoms with Gasteiger partial charge in [0.1, 0.15) is 11.3 Å². The number of amides is 1. The van der Waals surface area contributed by atoms with Crippen molar-refractivity contribution in [3.8, 4) is 5.75 Å². The van der Waals surface area contributed by atoms with Crippen molar-refractivity contribution >= 4 is 17.6 Å². The van der Waals surface area contributed by atoms with Gasteiger partial charge < -0.3 is 15.5 Å². The van der Waals surface area contributed by atoms with Gasteiger partial charge in [-0.3, -0.25) is 4.79 Å². The summed E-state index contributed by atoms with van der Waals surface area (Å²) in [6.45, 7) is 4.00. The lowest BCUT2D eigenvalue weighted by Crippen LogP contribution is -2.15. The summed E-state index contributed by atoms with van der Waals surface area (Å²) in [5, 5.41) is 21.2. The third kappa shape index (κ3) is 3.25. The van der Waals surface area contributed by atoms with Gasteiger partial charge in [-0.25, -0.2) is 4.79 Å². The number of benzene rings is 2. The van der Waals surface area contributed by atoms with E-state index in [2.05, 4.69) is 5.32 Å². The average molecular weight is 299 g/mol. The van der Waals surface area contributed by atoms with E-state index >= 15 is 0 Å². The molecule has 0 aromatic heterocycles. The van der Waals surface area contributed by atoms with Crippen LogP contribution in [0.2, 0.25) is 0 Å². The Balaban J connectivity index is 2.26. The smallest absolute Gasteiger partial charge is 0.339 e. The molecule has 0 saturated carbocycles. The molecule has 0 aliphatic rings. The molecule has 0 heterocycles. The van der Waals surface area contributed by atoms with Crippen LogP contribution in [0.5, 0.6) is 5.75 Å². The molecule has 0 atom stereocenters. The summed E-state index contributed by atoms with van der Waals surface area (Å²) in [6.07, 6.45) is 0. The molecule has 2 rings (SSSR count). The molecule has 0 radical (unpaired) electrons. The van der Waals surface area contributed by atoms with Crippen molar-refractivity contribution < 1.29 is 19.8 Å². The van der Waals surface area contributed by atoms with Gasteiger partial charge in [0.15, 0.2) is 0 Å². The Morgan fingerprint density at radius 2 is 1.73 bits per heavy atom. The van der Waals surface area contributed by atoms with E-state index in [1.54, 1.807) is 12.1 Å². The fourth-order valence-corrected chi connectivity index (χ4v) is 2.20. The van der Waals surface area contributed by atoms with E-state index in [0.717, 1.165) is 5.56 Å². The number of carbonyl (C=O) groups excluding carboxylic acids is 1. The Morgan fingerprint density at radius 3 is 2.32 bits per heavy atom. The zero-order valence-corrected chi connectivity index (χ0v) is 12.3. The molecule has 0 saturated heterocycles. The first-order chi connectivity index (χ1) is 10.4. The predicted molar refractivity (Wildman–Crippen MR) is 83.6 cm³/mol. The first kappa shape index (κ1) is 15.6. The van der Waals surface area contributed by atoms with Crippen molar-refractivity contribution in [1.82, 2.24) is 0 Å². The van der Waals surface area contributed by atoms with E-state index in [9.17, 15) is 14.7 Å². The second-order valence-corrected chi connectivity index (χ2v) is 5.23. The number of phenols is 1. The molecule has 2 aromatic rings. The number of carboxylic acids is 1. The number of nitrogens with one attached hydrogen (secondary N) is 1. The van der Waals surface area contributed by atoms with Crippen LogP contribution in [0.15, 0.2) is 42.5 Å². The minimum Gasteiger partial charge on any atom is -0.507 e. The maximum Gasteiger partial charge on any atom is 0.339 e. The monoisotopic (exact) mass is 299 g/mol. The van der Waals surface area contributed by atoms with Gasteiger partial charge in [0.25, 0.3) is 5.91 Å². The van der Waals surface area contributed by atoms with Crippen LogP contribution in [0, 0.1) is 0 Å². The Kier molecular flexibility index (Phi) is 4.46. The minimum atomic E-state index is -1.22. The minimum absolute atomic E-state index is 0.199. The van der Waals surface area contributed by atoms with Crippen molar-refractivity contribution in [2.24, 2.45) is 0 Å². The summed E-state index contributed by atoms with van der Waals surface area (Å²) < 4.78 is 0. The van der Waals surface area contributed by atoms with Crippen LogP contribution < -0.4 is 5.32 Å². The molecule has 5 heteroatoms. The van der Waals surface area contributed by atoms with E-state index in [4.69, 9.17) is 5.11 Å². The van der Waals surface area contributed by atoms with Crippen molar-refractivity contribution in [3.63, 3.8) is 0 Å². The van der Waals surface area contributed by atoms with E-state index in [1.165, 1.54) is 18.2 Å². The van der Waals surface area contributed by atoms with Gasteiger partial charge in [0.05, 0.1) is 0 Å². The maximum atomic E-state index is 12.4. The van der Waals surface area contributed by atoms with Crippen molar-refractivity contribution in [1.29, 1.82) is 0 Å². The van der Waals surface area contributed by atoms with E-state index in [0.29, 0.717) is 11.3 Å². The topological polar surface area (TPSA) is 86.6 Å². The first-order valence-electron chi connectivity index (χ1n) is 6.86. The number of aromatic carboxylic acids is 1. The first-order valence-corrected chi connectivity index (χ1v) is 6.86. The average Bonchev–Trinajstić information content (AvgIpc) is 2.46. The third-order valence-corrected chi connectivity index (χ3v) is 3.31. The van der Waals surface area contributed by atoms with E-state index in [1.807, 2.05) is 26.0 Å². The zero-order valence-electron chi connectivity index (χ0n) is 12.3. The van der Waals surface area contributed by atoms with E-state index < -0.39 is 5.97 Å².